The molecule has 1 atom stereocenters. The third-order valence-electron chi connectivity index (χ3n) is 4.00. The molecule has 0 bridgehead atoms. The van der Waals surface area contributed by atoms with Gasteiger partial charge in [-0.1, -0.05) is 61.0 Å². The van der Waals surface area contributed by atoms with E-state index in [2.05, 4.69) is 10.3 Å². The first-order valence-electron chi connectivity index (χ1n) is 8.20. The second kappa shape index (κ2) is 8.28. The van der Waals surface area contributed by atoms with E-state index >= 15 is 0 Å². The number of amides is 1. The molecule has 1 aromatic heterocycles. The number of carbonyl (C=O) groups excluding carboxylic acids is 1. The van der Waals surface area contributed by atoms with E-state index in [-0.39, 0.29) is 11.8 Å². The molecule has 0 saturated carbocycles. The van der Waals surface area contributed by atoms with Gasteiger partial charge in [-0.3, -0.25) is 4.79 Å². The molecule has 0 aliphatic carbocycles. The van der Waals surface area contributed by atoms with Gasteiger partial charge in [0.15, 0.2) is 5.13 Å². The Labute approximate surface area is 156 Å². The number of hydrogen-bond acceptors (Lipinski definition) is 3. The van der Waals surface area contributed by atoms with E-state index in [9.17, 15) is 4.79 Å². The van der Waals surface area contributed by atoms with Crippen molar-refractivity contribution in [3.63, 3.8) is 0 Å². The monoisotopic (exact) mass is 370 g/mol. The maximum Gasteiger partial charge on any atom is 0.233 e. The second-order valence-electron chi connectivity index (χ2n) is 5.80. The molecule has 0 radical (unpaired) electrons. The summed E-state index contributed by atoms with van der Waals surface area (Å²) in [5.74, 6) is -0.175. The van der Waals surface area contributed by atoms with Gasteiger partial charge in [0.2, 0.25) is 5.91 Å². The molecular formula is C20H19ClN2OS. The summed E-state index contributed by atoms with van der Waals surface area (Å²) in [7, 11) is 0. The Kier molecular flexibility index (Phi) is 5.84. The van der Waals surface area contributed by atoms with Crippen molar-refractivity contribution in [3.05, 3.63) is 81.8 Å². The van der Waals surface area contributed by atoms with Gasteiger partial charge in [-0.2, -0.15) is 0 Å². The SMILES string of the molecule is CC[C@@H](C(=O)Nc1ncc(Cc2ccc(Cl)cc2)s1)c1ccccc1. The molecule has 1 heterocycles. The van der Waals surface area contributed by atoms with Gasteiger partial charge in [0.1, 0.15) is 0 Å². The van der Waals surface area contributed by atoms with E-state index in [1.165, 1.54) is 16.9 Å². The second-order valence-corrected chi connectivity index (χ2v) is 7.35. The van der Waals surface area contributed by atoms with Gasteiger partial charge < -0.3 is 5.32 Å². The van der Waals surface area contributed by atoms with E-state index in [1.807, 2.05) is 67.7 Å². The Hall–Kier alpha value is -2.17. The van der Waals surface area contributed by atoms with Crippen LogP contribution in [-0.2, 0) is 11.2 Å². The van der Waals surface area contributed by atoms with Crippen molar-refractivity contribution in [2.45, 2.75) is 25.7 Å². The molecular weight excluding hydrogens is 352 g/mol. The molecule has 0 aliphatic heterocycles. The molecule has 128 valence electrons. The molecule has 25 heavy (non-hydrogen) atoms. The molecule has 3 rings (SSSR count). The fourth-order valence-electron chi connectivity index (χ4n) is 2.70. The van der Waals surface area contributed by atoms with Crippen LogP contribution in [0, 0.1) is 0 Å². The number of carbonyl (C=O) groups is 1. The maximum atomic E-state index is 12.6. The van der Waals surface area contributed by atoms with Crippen molar-refractivity contribution in [1.82, 2.24) is 4.98 Å². The highest BCUT2D eigenvalue weighted by molar-refractivity contribution is 7.15. The number of anilines is 1. The predicted molar refractivity (Wildman–Crippen MR) is 104 cm³/mol. The van der Waals surface area contributed by atoms with Crippen LogP contribution < -0.4 is 5.32 Å². The number of rotatable bonds is 6. The lowest BCUT2D eigenvalue weighted by atomic mass is 9.96. The quantitative estimate of drug-likeness (QED) is 0.620. The molecule has 0 saturated heterocycles. The van der Waals surface area contributed by atoms with E-state index in [0.717, 1.165) is 28.3 Å². The summed E-state index contributed by atoms with van der Waals surface area (Å²) in [6.45, 7) is 2.02. The van der Waals surface area contributed by atoms with Crippen LogP contribution in [0.1, 0.15) is 35.3 Å². The maximum absolute atomic E-state index is 12.6. The minimum Gasteiger partial charge on any atom is -0.301 e. The molecule has 0 unspecified atom stereocenters. The van der Waals surface area contributed by atoms with Gasteiger partial charge in [-0.05, 0) is 29.7 Å². The van der Waals surface area contributed by atoms with Gasteiger partial charge in [0, 0.05) is 22.5 Å². The summed E-state index contributed by atoms with van der Waals surface area (Å²) in [6, 6.07) is 17.6. The smallest absolute Gasteiger partial charge is 0.233 e. The zero-order chi connectivity index (χ0) is 17.6. The highest BCUT2D eigenvalue weighted by Gasteiger charge is 2.19. The lowest BCUT2D eigenvalue weighted by Gasteiger charge is -2.14. The van der Waals surface area contributed by atoms with Gasteiger partial charge in [-0.25, -0.2) is 4.98 Å². The number of aromatic nitrogens is 1. The molecule has 0 fully saturated rings. The largest absolute Gasteiger partial charge is 0.301 e. The summed E-state index contributed by atoms with van der Waals surface area (Å²) in [5.41, 5.74) is 2.20. The van der Waals surface area contributed by atoms with Crippen LogP contribution in [0.3, 0.4) is 0 Å². The lowest BCUT2D eigenvalue weighted by Crippen LogP contribution is -2.20. The first kappa shape index (κ1) is 17.6. The van der Waals surface area contributed by atoms with Crippen LogP contribution in [0.2, 0.25) is 5.02 Å². The van der Waals surface area contributed by atoms with Crippen LogP contribution >= 0.6 is 22.9 Å². The van der Waals surface area contributed by atoms with E-state index < -0.39 is 0 Å². The van der Waals surface area contributed by atoms with Crippen molar-refractivity contribution in [2.75, 3.05) is 5.32 Å². The molecule has 5 heteroatoms. The van der Waals surface area contributed by atoms with E-state index in [0.29, 0.717) is 5.13 Å². The minimum atomic E-state index is -0.162. The Bertz CT molecular complexity index is 830. The van der Waals surface area contributed by atoms with Crippen molar-refractivity contribution in [2.24, 2.45) is 0 Å². The van der Waals surface area contributed by atoms with Gasteiger partial charge >= 0.3 is 0 Å². The standard InChI is InChI=1S/C20H19ClN2OS/c1-2-18(15-6-4-3-5-7-15)19(24)23-20-22-13-17(25-20)12-14-8-10-16(21)11-9-14/h3-11,13,18H,2,12H2,1H3,(H,22,23,24)/t18-/m1/s1. The number of hydrogen-bond donors (Lipinski definition) is 1. The molecule has 0 aliphatic rings. The fourth-order valence-corrected chi connectivity index (χ4v) is 3.68. The highest BCUT2D eigenvalue weighted by atomic mass is 35.5. The highest BCUT2D eigenvalue weighted by Crippen LogP contribution is 2.25. The molecule has 2 aromatic carbocycles. The van der Waals surface area contributed by atoms with Crippen LogP contribution in [0.5, 0.6) is 0 Å². The number of nitrogens with zero attached hydrogens (tertiary/aromatic N) is 1. The third-order valence-corrected chi connectivity index (χ3v) is 5.17. The Balaban J connectivity index is 1.66. The van der Waals surface area contributed by atoms with Crippen molar-refractivity contribution in [3.8, 4) is 0 Å². The van der Waals surface area contributed by atoms with Crippen molar-refractivity contribution >= 4 is 34.0 Å². The zero-order valence-electron chi connectivity index (χ0n) is 13.9. The zero-order valence-corrected chi connectivity index (χ0v) is 15.5. The van der Waals surface area contributed by atoms with Crippen LogP contribution in [0.15, 0.2) is 60.8 Å². The number of thiazole rings is 1. The Morgan fingerprint density at radius 3 is 2.56 bits per heavy atom. The number of benzene rings is 2. The Morgan fingerprint density at radius 1 is 1.16 bits per heavy atom. The average molecular weight is 371 g/mol. The van der Waals surface area contributed by atoms with Crippen LogP contribution in [-0.4, -0.2) is 10.9 Å². The molecule has 1 N–H and O–H groups in total. The van der Waals surface area contributed by atoms with Crippen LogP contribution in [0.25, 0.3) is 0 Å². The Morgan fingerprint density at radius 2 is 1.88 bits per heavy atom. The molecule has 3 nitrogen and oxygen atoms in total. The number of nitrogens with one attached hydrogen (secondary N) is 1. The first-order valence-corrected chi connectivity index (χ1v) is 9.40. The molecule has 3 aromatic rings. The average Bonchev–Trinajstić information content (AvgIpc) is 3.05. The number of halogens is 1. The van der Waals surface area contributed by atoms with Gasteiger partial charge in [0.05, 0.1) is 5.92 Å². The normalized spacial score (nSPS) is 11.9. The topological polar surface area (TPSA) is 42.0 Å². The molecule has 0 spiro atoms. The van der Waals surface area contributed by atoms with E-state index in [4.69, 9.17) is 11.6 Å². The fraction of sp³-hybridized carbons (Fsp3) is 0.200. The summed E-state index contributed by atoms with van der Waals surface area (Å²) < 4.78 is 0. The van der Waals surface area contributed by atoms with Crippen molar-refractivity contribution < 1.29 is 4.79 Å². The van der Waals surface area contributed by atoms with Crippen LogP contribution in [0.4, 0.5) is 5.13 Å². The first-order chi connectivity index (χ1) is 12.2. The minimum absolute atomic E-state index is 0.0129. The summed E-state index contributed by atoms with van der Waals surface area (Å²) >= 11 is 7.42. The summed E-state index contributed by atoms with van der Waals surface area (Å²) in [6.07, 6.45) is 3.35. The van der Waals surface area contributed by atoms with Gasteiger partial charge in [0.25, 0.3) is 0 Å². The summed E-state index contributed by atoms with van der Waals surface area (Å²) in [5, 5.41) is 4.33. The molecule has 1 amide bonds. The lowest BCUT2D eigenvalue weighted by molar-refractivity contribution is -0.117. The van der Waals surface area contributed by atoms with Gasteiger partial charge in [-0.15, -0.1) is 11.3 Å². The van der Waals surface area contributed by atoms with Crippen molar-refractivity contribution in [1.29, 1.82) is 0 Å². The third kappa shape index (κ3) is 4.68. The summed E-state index contributed by atoms with van der Waals surface area (Å²) in [4.78, 5) is 18.0. The van der Waals surface area contributed by atoms with E-state index in [1.54, 1.807) is 0 Å². The predicted octanol–water partition coefficient (Wildman–Crippen LogP) is 5.52.